The third-order valence-corrected chi connectivity index (χ3v) is 6.11. The van der Waals surface area contributed by atoms with Crippen molar-refractivity contribution in [2.24, 2.45) is 0 Å². The number of aryl methyl sites for hydroxylation is 1. The Balaban J connectivity index is 1.57. The van der Waals surface area contributed by atoms with Gasteiger partial charge in [-0.2, -0.15) is 5.10 Å². The molecule has 4 rings (SSSR count). The Bertz CT molecular complexity index is 1290. The lowest BCUT2D eigenvalue weighted by molar-refractivity contribution is 0.0846. The summed E-state index contributed by atoms with van der Waals surface area (Å²) in [4.78, 5) is 38.6. The summed E-state index contributed by atoms with van der Waals surface area (Å²) in [7, 11) is 0. The molecule has 158 valence electrons. The lowest BCUT2D eigenvalue weighted by Gasteiger charge is -2.11. The van der Waals surface area contributed by atoms with Crippen molar-refractivity contribution >= 4 is 44.0 Å². The first kappa shape index (κ1) is 20.7. The second-order valence-corrected chi connectivity index (χ2v) is 8.27. The van der Waals surface area contributed by atoms with Gasteiger partial charge in [0.2, 0.25) is 0 Å². The zero-order valence-electron chi connectivity index (χ0n) is 17.1. The van der Waals surface area contributed by atoms with Gasteiger partial charge >= 0.3 is 0 Å². The first-order valence-electron chi connectivity index (χ1n) is 10.2. The van der Waals surface area contributed by atoms with Crippen molar-refractivity contribution in [3.8, 4) is 0 Å². The van der Waals surface area contributed by atoms with E-state index in [2.05, 4.69) is 22.9 Å². The highest BCUT2D eigenvalue weighted by Gasteiger charge is 2.18. The lowest BCUT2D eigenvalue weighted by Crippen LogP contribution is -2.42. The molecule has 0 unspecified atom stereocenters. The predicted octanol–water partition coefficient (Wildman–Crippen LogP) is 3.88. The molecule has 0 fully saturated rings. The Labute approximate surface area is 182 Å². The molecule has 4 aromatic rings. The maximum Gasteiger partial charge on any atom is 0.290 e. The van der Waals surface area contributed by atoms with Gasteiger partial charge in [0, 0.05) is 16.6 Å². The highest BCUT2D eigenvalue weighted by Crippen LogP contribution is 2.25. The first-order valence-corrected chi connectivity index (χ1v) is 11.0. The van der Waals surface area contributed by atoms with Gasteiger partial charge in [0.05, 0.1) is 10.3 Å². The highest BCUT2D eigenvalue weighted by atomic mass is 32.1. The fourth-order valence-electron chi connectivity index (χ4n) is 3.39. The summed E-state index contributed by atoms with van der Waals surface area (Å²) >= 11 is 1.35. The van der Waals surface area contributed by atoms with Crippen molar-refractivity contribution in [3.05, 3.63) is 75.5 Å². The minimum absolute atomic E-state index is 0.100. The van der Waals surface area contributed by atoms with E-state index in [-0.39, 0.29) is 11.3 Å². The van der Waals surface area contributed by atoms with E-state index in [1.807, 2.05) is 24.3 Å². The summed E-state index contributed by atoms with van der Waals surface area (Å²) in [6, 6.07) is 16.3. The Hall–Kier alpha value is -3.52. The molecule has 0 aliphatic heterocycles. The molecule has 2 amide bonds. The number of carbonyl (C=O) groups excluding carboxylic acids is 2. The number of hydrazine groups is 1. The maximum absolute atomic E-state index is 12.9. The van der Waals surface area contributed by atoms with E-state index >= 15 is 0 Å². The van der Waals surface area contributed by atoms with Crippen LogP contribution in [0.2, 0.25) is 0 Å². The zero-order chi connectivity index (χ0) is 21.8. The van der Waals surface area contributed by atoms with Crippen LogP contribution in [-0.2, 0) is 6.54 Å². The van der Waals surface area contributed by atoms with Crippen LogP contribution in [0, 0.1) is 0 Å². The number of benzene rings is 2. The summed E-state index contributed by atoms with van der Waals surface area (Å²) in [6.07, 6.45) is 2.78. The smallest absolute Gasteiger partial charge is 0.267 e. The van der Waals surface area contributed by atoms with Crippen LogP contribution < -0.4 is 16.4 Å². The molecule has 0 bridgehead atoms. The van der Waals surface area contributed by atoms with Crippen molar-refractivity contribution in [1.82, 2.24) is 20.6 Å². The van der Waals surface area contributed by atoms with Crippen molar-refractivity contribution in [2.45, 2.75) is 32.7 Å². The quantitative estimate of drug-likeness (QED) is 0.356. The Morgan fingerprint density at radius 3 is 2.45 bits per heavy atom. The molecule has 0 saturated heterocycles. The minimum atomic E-state index is -0.574. The summed E-state index contributed by atoms with van der Waals surface area (Å²) in [6.45, 7) is 2.51. The fourth-order valence-corrected chi connectivity index (χ4v) is 4.35. The third-order valence-electron chi connectivity index (χ3n) is 5.00. The van der Waals surface area contributed by atoms with E-state index in [9.17, 15) is 14.4 Å². The summed E-state index contributed by atoms with van der Waals surface area (Å²) in [5.74, 6) is -0.981. The number of hydrogen-bond donors (Lipinski definition) is 2. The van der Waals surface area contributed by atoms with Crippen molar-refractivity contribution in [1.29, 1.82) is 0 Å². The van der Waals surface area contributed by atoms with Gasteiger partial charge in [0.15, 0.2) is 5.69 Å². The molecule has 0 atom stereocenters. The highest BCUT2D eigenvalue weighted by molar-refractivity contribution is 7.20. The Morgan fingerprint density at radius 1 is 0.968 bits per heavy atom. The summed E-state index contributed by atoms with van der Waals surface area (Å²) < 4.78 is 2.33. The zero-order valence-corrected chi connectivity index (χ0v) is 17.9. The maximum atomic E-state index is 12.9. The van der Waals surface area contributed by atoms with Gasteiger partial charge in [-0.05, 0) is 30.0 Å². The second-order valence-electron chi connectivity index (χ2n) is 7.19. The van der Waals surface area contributed by atoms with Gasteiger partial charge in [0.1, 0.15) is 0 Å². The molecule has 2 N–H and O–H groups in total. The number of aromatic nitrogens is 2. The Morgan fingerprint density at radius 2 is 1.68 bits per heavy atom. The van der Waals surface area contributed by atoms with E-state index in [0.29, 0.717) is 22.2 Å². The molecule has 0 spiro atoms. The molecule has 2 aromatic heterocycles. The number of unbranched alkanes of at least 4 members (excludes halogenated alkanes) is 2. The number of carbonyl (C=O) groups is 2. The number of nitrogens with one attached hydrogen (secondary N) is 2. The Kier molecular flexibility index (Phi) is 6.08. The molecule has 0 radical (unpaired) electrons. The molecule has 0 aliphatic carbocycles. The van der Waals surface area contributed by atoms with Crippen LogP contribution in [-0.4, -0.2) is 21.6 Å². The van der Waals surface area contributed by atoms with Gasteiger partial charge in [-0.25, -0.2) is 4.68 Å². The van der Waals surface area contributed by atoms with Crippen LogP contribution in [0.15, 0.2) is 59.4 Å². The van der Waals surface area contributed by atoms with Crippen LogP contribution in [0.25, 0.3) is 20.9 Å². The number of hydrogen-bond acceptors (Lipinski definition) is 5. The van der Waals surface area contributed by atoms with Crippen molar-refractivity contribution < 1.29 is 9.59 Å². The molecular weight excluding hydrogens is 412 g/mol. The van der Waals surface area contributed by atoms with Gasteiger partial charge in [-0.1, -0.05) is 56.2 Å². The predicted molar refractivity (Wildman–Crippen MR) is 122 cm³/mol. The van der Waals surface area contributed by atoms with E-state index < -0.39 is 11.8 Å². The average Bonchev–Trinajstić information content (AvgIpc) is 3.23. The minimum Gasteiger partial charge on any atom is -0.267 e. The molecule has 0 saturated carbocycles. The molecule has 0 aliphatic rings. The van der Waals surface area contributed by atoms with Gasteiger partial charge in [-0.3, -0.25) is 25.2 Å². The molecular formula is C23H22N4O3S. The molecule has 2 aromatic carbocycles. The molecule has 2 heterocycles. The number of nitrogens with zero attached hydrogens (tertiary/aromatic N) is 2. The van der Waals surface area contributed by atoms with E-state index in [0.717, 1.165) is 29.3 Å². The largest absolute Gasteiger partial charge is 0.290 e. The molecule has 31 heavy (non-hydrogen) atoms. The van der Waals surface area contributed by atoms with E-state index in [1.165, 1.54) is 16.0 Å². The third kappa shape index (κ3) is 4.34. The average molecular weight is 435 g/mol. The van der Waals surface area contributed by atoms with Crippen LogP contribution in [0.3, 0.4) is 0 Å². The SMILES string of the molecule is CCCCCn1nc(C(=O)NNC(=O)c2cc3ccccc3s2)c2ccccc2c1=O. The number of fused-ring (bicyclic) bond motifs is 2. The van der Waals surface area contributed by atoms with Crippen LogP contribution in [0.1, 0.15) is 46.3 Å². The standard InChI is InChI=1S/C23H22N4O3S/c1-2-3-8-13-27-23(30)17-11-6-5-10-16(17)20(26-27)22(29)25-24-21(28)19-14-15-9-4-7-12-18(15)31-19/h4-7,9-12,14H,2-3,8,13H2,1H3,(H,24,28)(H,25,29). The fraction of sp³-hybridized carbons (Fsp3) is 0.217. The number of rotatable bonds is 6. The van der Waals surface area contributed by atoms with Gasteiger partial charge in [-0.15, -0.1) is 11.3 Å². The normalized spacial score (nSPS) is 11.0. The number of thiophene rings is 1. The molecule has 7 nitrogen and oxygen atoms in total. The number of amides is 2. The van der Waals surface area contributed by atoms with Gasteiger partial charge in [0.25, 0.3) is 17.4 Å². The topological polar surface area (TPSA) is 93.1 Å². The second kappa shape index (κ2) is 9.09. The van der Waals surface area contributed by atoms with Crippen molar-refractivity contribution in [3.63, 3.8) is 0 Å². The monoisotopic (exact) mass is 434 g/mol. The van der Waals surface area contributed by atoms with Crippen LogP contribution in [0.4, 0.5) is 0 Å². The summed E-state index contributed by atoms with van der Waals surface area (Å²) in [5, 5.41) is 6.15. The van der Waals surface area contributed by atoms with Crippen molar-refractivity contribution in [2.75, 3.05) is 0 Å². The van der Waals surface area contributed by atoms with Crippen LogP contribution in [0.5, 0.6) is 0 Å². The lowest BCUT2D eigenvalue weighted by atomic mass is 10.1. The van der Waals surface area contributed by atoms with E-state index in [1.54, 1.807) is 30.3 Å². The molecule has 8 heteroatoms. The van der Waals surface area contributed by atoms with E-state index in [4.69, 9.17) is 0 Å². The summed E-state index contributed by atoms with van der Waals surface area (Å²) in [5.41, 5.74) is 4.77. The first-order chi connectivity index (χ1) is 15.1. The van der Waals surface area contributed by atoms with Crippen LogP contribution >= 0.6 is 11.3 Å². The van der Waals surface area contributed by atoms with Gasteiger partial charge < -0.3 is 0 Å².